The van der Waals surface area contributed by atoms with E-state index in [2.05, 4.69) is 11.0 Å². The lowest BCUT2D eigenvalue weighted by molar-refractivity contribution is 0.205. The lowest BCUT2D eigenvalue weighted by Gasteiger charge is -2.24. The van der Waals surface area contributed by atoms with Crippen molar-refractivity contribution < 1.29 is 9.47 Å². The summed E-state index contributed by atoms with van der Waals surface area (Å²) in [6, 6.07) is 8.05. The maximum absolute atomic E-state index is 5.56. The van der Waals surface area contributed by atoms with Crippen LogP contribution in [0.4, 0.5) is 5.69 Å². The van der Waals surface area contributed by atoms with Gasteiger partial charge < -0.3 is 20.1 Å². The molecule has 0 saturated heterocycles. The highest BCUT2D eigenvalue weighted by molar-refractivity contribution is 5.50. The van der Waals surface area contributed by atoms with E-state index in [0.717, 1.165) is 30.9 Å². The highest BCUT2D eigenvalue weighted by Gasteiger charge is 2.06. The molecule has 0 bridgehead atoms. The van der Waals surface area contributed by atoms with E-state index in [4.69, 9.17) is 15.2 Å². The molecule has 0 aliphatic rings. The lowest BCUT2D eigenvalue weighted by atomic mass is 10.2. The standard InChI is InChI=1S/C13H22N2O2/c1-16-10-9-15(8-4-7-14)12-5-3-6-13(11-12)17-2/h3,5-6,11H,4,7-10,14H2,1-2H3. The highest BCUT2D eigenvalue weighted by atomic mass is 16.5. The molecule has 0 aromatic heterocycles. The van der Waals surface area contributed by atoms with Crippen molar-refractivity contribution in [3.63, 3.8) is 0 Å². The molecule has 0 heterocycles. The monoisotopic (exact) mass is 238 g/mol. The van der Waals surface area contributed by atoms with Crippen LogP contribution in [0.15, 0.2) is 24.3 Å². The van der Waals surface area contributed by atoms with E-state index in [1.165, 1.54) is 0 Å². The van der Waals surface area contributed by atoms with Gasteiger partial charge in [-0.05, 0) is 25.1 Å². The Labute approximate surface area is 103 Å². The predicted molar refractivity (Wildman–Crippen MR) is 70.8 cm³/mol. The average molecular weight is 238 g/mol. The summed E-state index contributed by atoms with van der Waals surface area (Å²) in [4.78, 5) is 2.26. The van der Waals surface area contributed by atoms with Gasteiger partial charge in [-0.3, -0.25) is 0 Å². The number of nitrogens with zero attached hydrogens (tertiary/aromatic N) is 1. The summed E-state index contributed by atoms with van der Waals surface area (Å²) in [6.07, 6.45) is 0.973. The zero-order valence-electron chi connectivity index (χ0n) is 10.7. The van der Waals surface area contributed by atoms with Gasteiger partial charge in [0.1, 0.15) is 5.75 Å². The summed E-state index contributed by atoms with van der Waals surface area (Å²) >= 11 is 0. The van der Waals surface area contributed by atoms with Gasteiger partial charge in [-0.25, -0.2) is 0 Å². The van der Waals surface area contributed by atoms with Gasteiger partial charge in [0, 0.05) is 32.0 Å². The van der Waals surface area contributed by atoms with Crippen LogP contribution in [0, 0.1) is 0 Å². The van der Waals surface area contributed by atoms with Crippen molar-refractivity contribution in [1.29, 1.82) is 0 Å². The number of nitrogens with two attached hydrogens (primary N) is 1. The Morgan fingerprint density at radius 1 is 1.24 bits per heavy atom. The van der Waals surface area contributed by atoms with Crippen molar-refractivity contribution in [2.45, 2.75) is 6.42 Å². The molecule has 0 radical (unpaired) electrons. The molecule has 0 spiro atoms. The van der Waals surface area contributed by atoms with Crippen molar-refractivity contribution in [1.82, 2.24) is 0 Å². The van der Waals surface area contributed by atoms with Gasteiger partial charge in [-0.15, -0.1) is 0 Å². The molecule has 0 unspecified atom stereocenters. The molecule has 2 N–H and O–H groups in total. The minimum Gasteiger partial charge on any atom is -0.497 e. The van der Waals surface area contributed by atoms with Crippen molar-refractivity contribution in [2.24, 2.45) is 5.73 Å². The maximum Gasteiger partial charge on any atom is 0.120 e. The first-order valence-corrected chi connectivity index (χ1v) is 5.89. The first-order chi connectivity index (χ1) is 8.31. The zero-order valence-corrected chi connectivity index (χ0v) is 10.7. The quantitative estimate of drug-likeness (QED) is 0.745. The topological polar surface area (TPSA) is 47.7 Å². The molecule has 17 heavy (non-hydrogen) atoms. The van der Waals surface area contributed by atoms with E-state index in [1.54, 1.807) is 14.2 Å². The summed E-state index contributed by atoms with van der Waals surface area (Å²) in [5.41, 5.74) is 6.71. The van der Waals surface area contributed by atoms with E-state index in [-0.39, 0.29) is 0 Å². The molecule has 4 nitrogen and oxygen atoms in total. The molecule has 0 saturated carbocycles. The van der Waals surface area contributed by atoms with Gasteiger partial charge in [0.2, 0.25) is 0 Å². The Morgan fingerprint density at radius 3 is 2.71 bits per heavy atom. The van der Waals surface area contributed by atoms with Crippen LogP contribution < -0.4 is 15.4 Å². The Balaban J connectivity index is 2.71. The number of hydrogen-bond acceptors (Lipinski definition) is 4. The lowest BCUT2D eigenvalue weighted by Crippen LogP contribution is -2.29. The van der Waals surface area contributed by atoms with E-state index < -0.39 is 0 Å². The fraction of sp³-hybridized carbons (Fsp3) is 0.538. The summed E-state index contributed by atoms with van der Waals surface area (Å²) in [5.74, 6) is 0.873. The van der Waals surface area contributed by atoms with Gasteiger partial charge in [-0.2, -0.15) is 0 Å². The number of hydrogen-bond donors (Lipinski definition) is 1. The van der Waals surface area contributed by atoms with Gasteiger partial charge in [0.15, 0.2) is 0 Å². The van der Waals surface area contributed by atoms with Crippen LogP contribution in [-0.2, 0) is 4.74 Å². The van der Waals surface area contributed by atoms with Crippen LogP contribution in [0.2, 0.25) is 0 Å². The van der Waals surface area contributed by atoms with Gasteiger partial charge in [0.05, 0.1) is 13.7 Å². The molecule has 1 rings (SSSR count). The van der Waals surface area contributed by atoms with E-state index in [1.807, 2.05) is 18.2 Å². The van der Waals surface area contributed by atoms with Gasteiger partial charge >= 0.3 is 0 Å². The molecule has 4 heteroatoms. The normalized spacial score (nSPS) is 10.3. The Kier molecular flexibility index (Phi) is 6.43. The van der Waals surface area contributed by atoms with Crippen LogP contribution in [-0.4, -0.2) is 40.5 Å². The molecule has 1 aromatic rings. The van der Waals surface area contributed by atoms with E-state index >= 15 is 0 Å². The molecule has 0 aliphatic heterocycles. The SMILES string of the molecule is COCCN(CCCN)c1cccc(OC)c1. The van der Waals surface area contributed by atoms with Crippen LogP contribution in [0.5, 0.6) is 5.75 Å². The van der Waals surface area contributed by atoms with Crippen molar-refractivity contribution in [3.8, 4) is 5.75 Å². The third kappa shape index (κ3) is 4.63. The molecular formula is C13H22N2O2. The van der Waals surface area contributed by atoms with E-state index in [0.29, 0.717) is 13.2 Å². The second kappa shape index (κ2) is 7.92. The van der Waals surface area contributed by atoms with E-state index in [9.17, 15) is 0 Å². The largest absolute Gasteiger partial charge is 0.497 e. The highest BCUT2D eigenvalue weighted by Crippen LogP contribution is 2.20. The molecule has 0 atom stereocenters. The average Bonchev–Trinajstić information content (AvgIpc) is 2.39. The number of ether oxygens (including phenoxy) is 2. The maximum atomic E-state index is 5.56. The third-order valence-corrected chi connectivity index (χ3v) is 2.62. The van der Waals surface area contributed by atoms with Crippen molar-refractivity contribution in [2.75, 3.05) is 45.4 Å². The van der Waals surface area contributed by atoms with Crippen molar-refractivity contribution in [3.05, 3.63) is 24.3 Å². The first kappa shape index (κ1) is 13.8. The number of benzene rings is 1. The van der Waals surface area contributed by atoms with Crippen LogP contribution >= 0.6 is 0 Å². The summed E-state index contributed by atoms with van der Waals surface area (Å²) < 4.78 is 10.4. The Bertz CT molecular complexity index is 310. The Hall–Kier alpha value is -1.26. The minimum atomic E-state index is 0.702. The van der Waals surface area contributed by atoms with Crippen LogP contribution in [0.1, 0.15) is 6.42 Å². The molecule has 96 valence electrons. The molecule has 0 fully saturated rings. The molecular weight excluding hydrogens is 216 g/mol. The predicted octanol–water partition coefficient (Wildman–Crippen LogP) is 1.50. The number of rotatable bonds is 8. The summed E-state index contributed by atoms with van der Waals surface area (Å²) in [6.45, 7) is 3.21. The molecule has 0 aliphatic carbocycles. The third-order valence-electron chi connectivity index (χ3n) is 2.62. The number of methoxy groups -OCH3 is 2. The zero-order chi connectivity index (χ0) is 12.5. The van der Waals surface area contributed by atoms with Crippen LogP contribution in [0.3, 0.4) is 0 Å². The fourth-order valence-electron chi connectivity index (χ4n) is 1.66. The summed E-state index contributed by atoms with van der Waals surface area (Å²) in [7, 11) is 3.39. The molecule has 0 amide bonds. The second-order valence-corrected chi connectivity index (χ2v) is 3.82. The fourth-order valence-corrected chi connectivity index (χ4v) is 1.66. The second-order valence-electron chi connectivity index (χ2n) is 3.82. The molecule has 1 aromatic carbocycles. The minimum absolute atomic E-state index is 0.702. The van der Waals surface area contributed by atoms with Gasteiger partial charge in [-0.1, -0.05) is 6.07 Å². The number of anilines is 1. The summed E-state index contributed by atoms with van der Waals surface area (Å²) in [5, 5.41) is 0. The Morgan fingerprint density at radius 2 is 2.06 bits per heavy atom. The van der Waals surface area contributed by atoms with Crippen molar-refractivity contribution >= 4 is 5.69 Å². The first-order valence-electron chi connectivity index (χ1n) is 5.89. The van der Waals surface area contributed by atoms with Crippen LogP contribution in [0.25, 0.3) is 0 Å². The van der Waals surface area contributed by atoms with Gasteiger partial charge in [0.25, 0.3) is 0 Å². The smallest absolute Gasteiger partial charge is 0.120 e.